The number of hydrogen-bond donors (Lipinski definition) is 1. The number of nitrogens with one attached hydrogen (secondary N) is 1. The summed E-state index contributed by atoms with van der Waals surface area (Å²) in [5.41, 5.74) is 1.17. The van der Waals surface area contributed by atoms with Crippen molar-refractivity contribution in [2.24, 2.45) is 0 Å². The lowest BCUT2D eigenvalue weighted by Crippen LogP contribution is -2.31. The number of nitrogens with zero attached hydrogens (tertiary/aromatic N) is 1. The molecule has 4 heteroatoms. The SMILES string of the molecule is CN1CCCC(NCCc2ccc(Cl)cc2Cl)CC1. The molecule has 0 aromatic heterocycles. The highest BCUT2D eigenvalue weighted by Crippen LogP contribution is 2.21. The summed E-state index contributed by atoms with van der Waals surface area (Å²) in [5.74, 6) is 0. The molecule has 2 nitrogen and oxygen atoms in total. The van der Waals surface area contributed by atoms with E-state index in [0.717, 1.165) is 18.0 Å². The summed E-state index contributed by atoms with van der Waals surface area (Å²) in [6, 6.07) is 6.39. The van der Waals surface area contributed by atoms with Gasteiger partial charge >= 0.3 is 0 Å². The van der Waals surface area contributed by atoms with Crippen LogP contribution in [0.2, 0.25) is 10.0 Å². The Kier molecular flexibility index (Phi) is 5.96. The third kappa shape index (κ3) is 4.96. The molecule has 1 unspecified atom stereocenters. The maximum atomic E-state index is 6.18. The van der Waals surface area contributed by atoms with Crippen molar-refractivity contribution in [3.8, 4) is 0 Å². The Bertz CT molecular complexity index is 409. The van der Waals surface area contributed by atoms with Gasteiger partial charge in [-0.05, 0) is 70.1 Å². The van der Waals surface area contributed by atoms with Gasteiger partial charge in [-0.25, -0.2) is 0 Å². The molecule has 0 amide bonds. The van der Waals surface area contributed by atoms with E-state index < -0.39 is 0 Å². The van der Waals surface area contributed by atoms with Crippen molar-refractivity contribution < 1.29 is 0 Å². The third-order valence-corrected chi connectivity index (χ3v) is 4.38. The van der Waals surface area contributed by atoms with E-state index in [1.54, 1.807) is 0 Å². The molecule has 1 N–H and O–H groups in total. The van der Waals surface area contributed by atoms with Gasteiger partial charge < -0.3 is 10.2 Å². The fourth-order valence-electron chi connectivity index (χ4n) is 2.58. The molecule has 19 heavy (non-hydrogen) atoms. The van der Waals surface area contributed by atoms with Crippen molar-refractivity contribution in [2.45, 2.75) is 31.7 Å². The summed E-state index contributed by atoms with van der Waals surface area (Å²) in [6.45, 7) is 3.40. The van der Waals surface area contributed by atoms with Crippen LogP contribution >= 0.6 is 23.2 Å². The predicted octanol–water partition coefficient (Wildman–Crippen LogP) is 3.61. The van der Waals surface area contributed by atoms with E-state index in [0.29, 0.717) is 11.1 Å². The largest absolute Gasteiger partial charge is 0.314 e. The molecule has 1 fully saturated rings. The van der Waals surface area contributed by atoms with Crippen LogP contribution in [0.15, 0.2) is 18.2 Å². The maximum Gasteiger partial charge on any atom is 0.0453 e. The van der Waals surface area contributed by atoms with Crippen molar-refractivity contribution in [1.29, 1.82) is 0 Å². The fraction of sp³-hybridized carbons (Fsp3) is 0.600. The Morgan fingerprint density at radius 3 is 2.89 bits per heavy atom. The molecular weight excluding hydrogens is 279 g/mol. The first-order valence-corrected chi connectivity index (χ1v) is 7.76. The molecule has 1 saturated heterocycles. The third-order valence-electron chi connectivity index (χ3n) is 3.79. The average molecular weight is 301 g/mol. The summed E-state index contributed by atoms with van der Waals surface area (Å²) in [5, 5.41) is 5.13. The van der Waals surface area contributed by atoms with Gasteiger partial charge in [0.25, 0.3) is 0 Å². The highest BCUT2D eigenvalue weighted by molar-refractivity contribution is 6.35. The lowest BCUT2D eigenvalue weighted by Gasteiger charge is -2.17. The van der Waals surface area contributed by atoms with E-state index in [2.05, 4.69) is 17.3 Å². The van der Waals surface area contributed by atoms with Crippen molar-refractivity contribution in [3.63, 3.8) is 0 Å². The number of likely N-dealkylation sites (tertiary alicyclic amines) is 1. The molecule has 106 valence electrons. The normalized spacial score (nSPS) is 21.3. The zero-order chi connectivity index (χ0) is 13.7. The highest BCUT2D eigenvalue weighted by atomic mass is 35.5. The standard InChI is InChI=1S/C15H22Cl2N2/c1-19-9-2-3-14(7-10-19)18-8-6-12-4-5-13(16)11-15(12)17/h4-5,11,14,18H,2-3,6-10H2,1H3. The second kappa shape index (κ2) is 7.49. The molecule has 1 aliphatic heterocycles. The van der Waals surface area contributed by atoms with E-state index in [-0.39, 0.29) is 0 Å². The van der Waals surface area contributed by atoms with E-state index in [1.807, 2.05) is 18.2 Å². The summed E-state index contributed by atoms with van der Waals surface area (Å²) in [6.07, 6.45) is 4.77. The van der Waals surface area contributed by atoms with Crippen LogP contribution in [-0.2, 0) is 6.42 Å². The van der Waals surface area contributed by atoms with Gasteiger partial charge in [-0.2, -0.15) is 0 Å². The second-order valence-electron chi connectivity index (χ2n) is 5.37. The molecule has 0 radical (unpaired) electrons. The van der Waals surface area contributed by atoms with Gasteiger partial charge in [0, 0.05) is 16.1 Å². The molecule has 1 heterocycles. The zero-order valence-corrected chi connectivity index (χ0v) is 13.0. The van der Waals surface area contributed by atoms with E-state index >= 15 is 0 Å². The molecular formula is C15H22Cl2N2. The molecule has 0 spiro atoms. The summed E-state index contributed by atoms with van der Waals surface area (Å²) in [7, 11) is 2.20. The number of halogens is 2. The van der Waals surface area contributed by atoms with E-state index in [4.69, 9.17) is 23.2 Å². The van der Waals surface area contributed by atoms with Crippen LogP contribution in [0.3, 0.4) is 0 Å². The average Bonchev–Trinajstić information content (AvgIpc) is 2.57. The van der Waals surface area contributed by atoms with Gasteiger partial charge in [0.15, 0.2) is 0 Å². The summed E-state index contributed by atoms with van der Waals surface area (Å²) in [4.78, 5) is 2.41. The van der Waals surface area contributed by atoms with Crippen LogP contribution in [0.4, 0.5) is 0 Å². The van der Waals surface area contributed by atoms with Gasteiger partial charge in [-0.1, -0.05) is 29.3 Å². The fourth-order valence-corrected chi connectivity index (χ4v) is 3.08. The molecule has 0 saturated carbocycles. The minimum absolute atomic E-state index is 0.649. The Balaban J connectivity index is 1.76. The molecule has 0 aliphatic carbocycles. The van der Waals surface area contributed by atoms with Crippen molar-refractivity contribution >= 4 is 23.2 Å². The van der Waals surface area contributed by atoms with Gasteiger partial charge in [-0.15, -0.1) is 0 Å². The van der Waals surface area contributed by atoms with E-state index in [1.165, 1.54) is 37.9 Å². The first kappa shape index (κ1) is 15.1. The Morgan fingerprint density at radius 1 is 1.26 bits per heavy atom. The Morgan fingerprint density at radius 2 is 2.11 bits per heavy atom. The highest BCUT2D eigenvalue weighted by Gasteiger charge is 2.13. The first-order chi connectivity index (χ1) is 9.15. The lowest BCUT2D eigenvalue weighted by atomic mass is 10.1. The smallest absolute Gasteiger partial charge is 0.0453 e. The van der Waals surface area contributed by atoms with Crippen LogP contribution in [0, 0.1) is 0 Å². The van der Waals surface area contributed by atoms with Gasteiger partial charge in [0.05, 0.1) is 0 Å². The predicted molar refractivity (Wildman–Crippen MR) is 83.3 cm³/mol. The molecule has 1 aromatic carbocycles. The second-order valence-corrected chi connectivity index (χ2v) is 6.21. The zero-order valence-electron chi connectivity index (χ0n) is 11.5. The van der Waals surface area contributed by atoms with Crippen LogP contribution in [0.5, 0.6) is 0 Å². The number of rotatable bonds is 4. The molecule has 1 aromatic rings. The monoisotopic (exact) mass is 300 g/mol. The summed E-state index contributed by atoms with van der Waals surface area (Å²) < 4.78 is 0. The van der Waals surface area contributed by atoms with Crippen LogP contribution in [0.1, 0.15) is 24.8 Å². The minimum atomic E-state index is 0.649. The minimum Gasteiger partial charge on any atom is -0.314 e. The lowest BCUT2D eigenvalue weighted by molar-refractivity contribution is 0.344. The van der Waals surface area contributed by atoms with Gasteiger partial charge in [0.2, 0.25) is 0 Å². The number of hydrogen-bond acceptors (Lipinski definition) is 2. The molecule has 1 aliphatic rings. The Hall–Kier alpha value is -0.280. The van der Waals surface area contributed by atoms with Crippen LogP contribution < -0.4 is 5.32 Å². The topological polar surface area (TPSA) is 15.3 Å². The summed E-state index contributed by atoms with van der Waals surface area (Å²) >= 11 is 12.1. The van der Waals surface area contributed by atoms with Crippen molar-refractivity contribution in [2.75, 3.05) is 26.7 Å². The van der Waals surface area contributed by atoms with Gasteiger partial charge in [-0.3, -0.25) is 0 Å². The number of benzene rings is 1. The molecule has 1 atom stereocenters. The van der Waals surface area contributed by atoms with E-state index in [9.17, 15) is 0 Å². The quantitative estimate of drug-likeness (QED) is 0.914. The van der Waals surface area contributed by atoms with Gasteiger partial charge in [0.1, 0.15) is 0 Å². The molecule has 0 bridgehead atoms. The first-order valence-electron chi connectivity index (χ1n) is 7.01. The maximum absolute atomic E-state index is 6.18. The van der Waals surface area contributed by atoms with Crippen molar-refractivity contribution in [3.05, 3.63) is 33.8 Å². The van der Waals surface area contributed by atoms with Crippen LogP contribution in [-0.4, -0.2) is 37.6 Å². The molecule has 2 rings (SSSR count). The van der Waals surface area contributed by atoms with Crippen molar-refractivity contribution in [1.82, 2.24) is 10.2 Å². The van der Waals surface area contributed by atoms with Crippen LogP contribution in [0.25, 0.3) is 0 Å². The Labute approximate surface area is 126 Å².